The molecule has 0 saturated heterocycles. The summed E-state index contributed by atoms with van der Waals surface area (Å²) in [5.74, 6) is -0.135. The molecule has 1 aliphatic rings. The smallest absolute Gasteiger partial charge is 0.342 e. The summed E-state index contributed by atoms with van der Waals surface area (Å²) in [6.07, 6.45) is 6.31. The molecule has 1 aliphatic carbocycles. The van der Waals surface area contributed by atoms with E-state index in [1.165, 1.54) is 12.8 Å². The lowest BCUT2D eigenvalue weighted by molar-refractivity contribution is 0.189. The number of nitrogens with one attached hydrogen (secondary N) is 2. The predicted molar refractivity (Wildman–Crippen MR) is 65.6 cm³/mol. The van der Waals surface area contributed by atoms with Crippen LogP contribution in [0.15, 0.2) is 9.59 Å². The molecule has 0 radical (unpaired) electrons. The van der Waals surface area contributed by atoms with Gasteiger partial charge in [0.1, 0.15) is 6.61 Å². The Labute approximate surface area is 104 Å². The highest BCUT2D eigenvalue weighted by Gasteiger charge is 2.27. The van der Waals surface area contributed by atoms with Crippen molar-refractivity contribution in [1.29, 1.82) is 0 Å². The van der Waals surface area contributed by atoms with Crippen molar-refractivity contribution in [1.82, 2.24) is 15.2 Å². The molecular weight excluding hydrogens is 236 g/mol. The fourth-order valence-electron chi connectivity index (χ4n) is 2.22. The van der Waals surface area contributed by atoms with Gasteiger partial charge in [-0.1, -0.05) is 25.7 Å². The molecule has 1 aromatic heterocycles. The predicted octanol–water partition coefficient (Wildman–Crippen LogP) is -0.111. The lowest BCUT2D eigenvalue weighted by atomic mass is 9.93. The van der Waals surface area contributed by atoms with E-state index >= 15 is 0 Å². The molecule has 4 N–H and O–H groups in total. The fourth-order valence-corrected chi connectivity index (χ4v) is 2.22. The number of nitrogens with two attached hydrogens (primary N) is 1. The Morgan fingerprint density at radius 2 is 1.89 bits per heavy atom. The molecule has 18 heavy (non-hydrogen) atoms. The third-order valence-corrected chi connectivity index (χ3v) is 3.28. The van der Waals surface area contributed by atoms with Gasteiger partial charge in [-0.3, -0.25) is 9.78 Å². The van der Waals surface area contributed by atoms with Gasteiger partial charge in [-0.15, -0.1) is 5.10 Å². The van der Waals surface area contributed by atoms with Gasteiger partial charge in [-0.25, -0.2) is 9.89 Å². The lowest BCUT2D eigenvalue weighted by Gasteiger charge is -2.27. The molecule has 1 fully saturated rings. The molecule has 100 valence electrons. The summed E-state index contributed by atoms with van der Waals surface area (Å²) in [6.45, 7) is 0.245. The van der Waals surface area contributed by atoms with E-state index in [4.69, 9.17) is 10.5 Å². The van der Waals surface area contributed by atoms with Crippen LogP contribution < -0.4 is 21.7 Å². The highest BCUT2D eigenvalue weighted by Crippen LogP contribution is 2.25. The zero-order valence-corrected chi connectivity index (χ0v) is 10.2. The summed E-state index contributed by atoms with van der Waals surface area (Å²) in [6, 6.07) is 0. The minimum Gasteiger partial charge on any atom is -0.471 e. The van der Waals surface area contributed by atoms with Crippen molar-refractivity contribution < 1.29 is 4.74 Å². The number of aromatic amines is 2. The van der Waals surface area contributed by atoms with Crippen LogP contribution in [-0.4, -0.2) is 27.3 Å². The van der Waals surface area contributed by atoms with E-state index in [0.717, 1.165) is 25.7 Å². The van der Waals surface area contributed by atoms with E-state index in [-0.39, 0.29) is 12.5 Å². The lowest BCUT2D eigenvalue weighted by Crippen LogP contribution is -2.45. The first-order valence-electron chi connectivity index (χ1n) is 6.20. The summed E-state index contributed by atoms with van der Waals surface area (Å²) < 4.78 is 5.34. The molecule has 1 aromatic rings. The Bertz CT molecular complexity index is 500. The minimum atomic E-state index is -0.649. The quantitative estimate of drug-likeness (QED) is 0.651. The van der Waals surface area contributed by atoms with Crippen molar-refractivity contribution in [3.63, 3.8) is 0 Å². The molecule has 1 saturated carbocycles. The van der Waals surface area contributed by atoms with Crippen LogP contribution >= 0.6 is 0 Å². The van der Waals surface area contributed by atoms with Gasteiger partial charge in [0.15, 0.2) is 0 Å². The average Bonchev–Trinajstić information content (AvgIpc) is 2.54. The van der Waals surface area contributed by atoms with Crippen LogP contribution in [-0.2, 0) is 0 Å². The van der Waals surface area contributed by atoms with Crippen molar-refractivity contribution in [3.05, 3.63) is 20.8 Å². The molecule has 7 nitrogen and oxygen atoms in total. The number of hydrogen-bond donors (Lipinski definition) is 3. The third kappa shape index (κ3) is 3.19. The number of aromatic nitrogens is 3. The average molecular weight is 254 g/mol. The number of ether oxygens (including phenoxy) is 1. The van der Waals surface area contributed by atoms with Crippen molar-refractivity contribution >= 4 is 0 Å². The Hall–Kier alpha value is -1.63. The van der Waals surface area contributed by atoms with Gasteiger partial charge < -0.3 is 10.5 Å². The number of H-pyrrole nitrogens is 2. The second-order valence-corrected chi connectivity index (χ2v) is 4.88. The molecule has 0 atom stereocenters. The second kappa shape index (κ2) is 5.34. The Morgan fingerprint density at radius 3 is 2.50 bits per heavy atom. The van der Waals surface area contributed by atoms with E-state index in [1.54, 1.807) is 0 Å². The van der Waals surface area contributed by atoms with Crippen molar-refractivity contribution in [2.45, 2.75) is 44.1 Å². The summed E-state index contributed by atoms with van der Waals surface area (Å²) >= 11 is 0. The molecule has 0 spiro atoms. The Kier molecular flexibility index (Phi) is 3.81. The van der Waals surface area contributed by atoms with Crippen LogP contribution in [0.1, 0.15) is 38.5 Å². The molecule has 1 heterocycles. The van der Waals surface area contributed by atoms with Gasteiger partial charge in [0.25, 0.3) is 5.88 Å². The normalized spacial score (nSPS) is 19.2. The molecule has 7 heteroatoms. The number of nitrogens with zero attached hydrogens (tertiary/aromatic N) is 1. The largest absolute Gasteiger partial charge is 0.471 e. The van der Waals surface area contributed by atoms with Gasteiger partial charge in [0, 0.05) is 0 Å². The maximum atomic E-state index is 11.4. The van der Waals surface area contributed by atoms with Gasteiger partial charge in [0.2, 0.25) is 0 Å². The van der Waals surface area contributed by atoms with Crippen LogP contribution in [0, 0.1) is 0 Å². The minimum absolute atomic E-state index is 0.135. The standard InChI is InChI=1S/C11H18N4O3/c12-11(5-3-1-2-4-6-11)7-18-9-8(16)13-10(17)15-14-9/h1-7,12H2,(H2,13,15,16,17). The van der Waals surface area contributed by atoms with Gasteiger partial charge in [0.05, 0.1) is 5.54 Å². The molecule has 0 unspecified atom stereocenters. The summed E-state index contributed by atoms with van der Waals surface area (Å²) in [7, 11) is 0. The first-order valence-corrected chi connectivity index (χ1v) is 6.20. The van der Waals surface area contributed by atoms with Crippen LogP contribution in [0.2, 0.25) is 0 Å². The highest BCUT2D eigenvalue weighted by atomic mass is 16.5. The molecule has 0 amide bonds. The van der Waals surface area contributed by atoms with Crippen LogP contribution in [0.5, 0.6) is 5.88 Å². The maximum absolute atomic E-state index is 11.4. The molecule has 0 bridgehead atoms. The van der Waals surface area contributed by atoms with Crippen LogP contribution in [0.3, 0.4) is 0 Å². The SMILES string of the molecule is NC1(COc2n[nH]c(=O)[nH]c2=O)CCCCCC1. The summed E-state index contributed by atoms with van der Waals surface area (Å²) in [5.41, 5.74) is 4.57. The zero-order chi connectivity index (χ0) is 13.0. The molecule has 2 rings (SSSR count). The van der Waals surface area contributed by atoms with Crippen molar-refractivity contribution in [2.24, 2.45) is 5.73 Å². The van der Waals surface area contributed by atoms with Gasteiger partial charge >= 0.3 is 11.2 Å². The third-order valence-electron chi connectivity index (χ3n) is 3.28. The maximum Gasteiger partial charge on any atom is 0.342 e. The number of hydrogen-bond acceptors (Lipinski definition) is 5. The van der Waals surface area contributed by atoms with Crippen LogP contribution in [0.25, 0.3) is 0 Å². The van der Waals surface area contributed by atoms with Gasteiger partial charge in [-0.2, -0.15) is 0 Å². The monoisotopic (exact) mass is 254 g/mol. The Balaban J connectivity index is 2.01. The first kappa shape index (κ1) is 12.8. The number of rotatable bonds is 3. The Morgan fingerprint density at radius 1 is 1.22 bits per heavy atom. The molecular formula is C11H18N4O3. The summed E-state index contributed by atoms with van der Waals surface area (Å²) in [5, 5.41) is 5.68. The summed E-state index contributed by atoms with van der Waals surface area (Å²) in [4.78, 5) is 24.2. The van der Waals surface area contributed by atoms with Crippen molar-refractivity contribution in [2.75, 3.05) is 6.61 Å². The highest BCUT2D eigenvalue weighted by molar-refractivity contribution is 5.00. The van der Waals surface area contributed by atoms with Gasteiger partial charge in [-0.05, 0) is 12.8 Å². The van der Waals surface area contributed by atoms with Crippen molar-refractivity contribution in [3.8, 4) is 5.88 Å². The van der Waals surface area contributed by atoms with E-state index in [2.05, 4.69) is 15.2 Å². The second-order valence-electron chi connectivity index (χ2n) is 4.88. The molecule has 0 aromatic carbocycles. The van der Waals surface area contributed by atoms with E-state index in [1.807, 2.05) is 0 Å². The topological polar surface area (TPSA) is 114 Å². The van der Waals surface area contributed by atoms with E-state index in [0.29, 0.717) is 0 Å². The fraction of sp³-hybridized carbons (Fsp3) is 0.727. The van der Waals surface area contributed by atoms with Crippen LogP contribution in [0.4, 0.5) is 0 Å². The van der Waals surface area contributed by atoms with E-state index in [9.17, 15) is 9.59 Å². The van der Waals surface area contributed by atoms with E-state index < -0.39 is 16.8 Å². The molecule has 0 aliphatic heterocycles. The first-order chi connectivity index (χ1) is 8.59. The zero-order valence-electron chi connectivity index (χ0n) is 10.2.